The lowest BCUT2D eigenvalue weighted by Crippen LogP contribution is -2.53. The van der Waals surface area contributed by atoms with Gasteiger partial charge in [-0.05, 0) is 25.5 Å². The van der Waals surface area contributed by atoms with E-state index in [-0.39, 0.29) is 11.8 Å². The summed E-state index contributed by atoms with van der Waals surface area (Å²) in [5.74, 6) is 0.179. The highest BCUT2D eigenvalue weighted by molar-refractivity contribution is 6.06. The Labute approximate surface area is 165 Å². The number of para-hydroxylation sites is 1. The van der Waals surface area contributed by atoms with Gasteiger partial charge in [0.25, 0.3) is 5.91 Å². The molecule has 2 fully saturated rings. The minimum Gasteiger partial charge on any atom is -0.379 e. The topological polar surface area (TPSA) is 68.9 Å². The number of aromatic amines is 1. The highest BCUT2D eigenvalue weighted by Crippen LogP contribution is 2.25. The molecule has 0 atom stereocenters. The summed E-state index contributed by atoms with van der Waals surface area (Å²) in [4.78, 5) is 34.9. The highest BCUT2D eigenvalue weighted by Gasteiger charge is 2.27. The van der Waals surface area contributed by atoms with Crippen LogP contribution in [-0.2, 0) is 9.53 Å². The molecule has 0 saturated carbocycles. The number of rotatable bonds is 3. The van der Waals surface area contributed by atoms with Gasteiger partial charge in [-0.2, -0.15) is 0 Å². The summed E-state index contributed by atoms with van der Waals surface area (Å²) in [6.45, 7) is 9.87. The third-order valence-corrected chi connectivity index (χ3v) is 5.96. The number of benzene rings is 1. The lowest BCUT2D eigenvalue weighted by atomic mass is 10.1. The van der Waals surface area contributed by atoms with Gasteiger partial charge in [0.15, 0.2) is 0 Å². The number of morpholine rings is 1. The third-order valence-electron chi connectivity index (χ3n) is 5.96. The number of hydrogen-bond donors (Lipinski definition) is 1. The van der Waals surface area contributed by atoms with Gasteiger partial charge in [0.05, 0.1) is 30.8 Å². The molecule has 1 N–H and O–H groups in total. The van der Waals surface area contributed by atoms with Crippen LogP contribution in [0.5, 0.6) is 0 Å². The standard InChI is InChI=1S/C21H28N4O3/c1-15-16(2)22-20-17(15)4-3-5-18(20)21(27)25-8-6-24(7-9-25)19(26)14-23-10-12-28-13-11-23/h3-5,22H,6-14H2,1-2H3. The van der Waals surface area contributed by atoms with Gasteiger partial charge in [-0.25, -0.2) is 0 Å². The quantitative estimate of drug-likeness (QED) is 0.869. The smallest absolute Gasteiger partial charge is 0.256 e. The number of ether oxygens (including phenoxy) is 1. The zero-order chi connectivity index (χ0) is 19.7. The molecule has 7 heteroatoms. The van der Waals surface area contributed by atoms with Crippen LogP contribution in [0.15, 0.2) is 18.2 Å². The summed E-state index contributed by atoms with van der Waals surface area (Å²) in [6, 6.07) is 5.88. The maximum absolute atomic E-state index is 13.1. The summed E-state index contributed by atoms with van der Waals surface area (Å²) in [6.07, 6.45) is 0. The Bertz CT molecular complexity index is 877. The van der Waals surface area contributed by atoms with Crippen molar-refractivity contribution >= 4 is 22.7 Å². The minimum atomic E-state index is 0.0344. The fraction of sp³-hybridized carbons (Fsp3) is 0.524. The zero-order valence-electron chi connectivity index (χ0n) is 16.7. The average Bonchev–Trinajstić information content (AvgIpc) is 3.02. The largest absolute Gasteiger partial charge is 0.379 e. The van der Waals surface area contributed by atoms with Crippen LogP contribution in [0.3, 0.4) is 0 Å². The van der Waals surface area contributed by atoms with E-state index < -0.39 is 0 Å². The van der Waals surface area contributed by atoms with Gasteiger partial charge in [0.2, 0.25) is 5.91 Å². The fourth-order valence-electron chi connectivity index (χ4n) is 4.04. The summed E-state index contributed by atoms with van der Waals surface area (Å²) < 4.78 is 5.34. The molecule has 0 bridgehead atoms. The molecular formula is C21H28N4O3. The van der Waals surface area contributed by atoms with E-state index in [9.17, 15) is 9.59 Å². The maximum atomic E-state index is 13.1. The third kappa shape index (κ3) is 3.64. The van der Waals surface area contributed by atoms with Crippen molar-refractivity contribution in [3.05, 3.63) is 35.0 Å². The van der Waals surface area contributed by atoms with Crippen molar-refractivity contribution in [1.82, 2.24) is 19.7 Å². The number of fused-ring (bicyclic) bond motifs is 1. The summed E-state index contributed by atoms with van der Waals surface area (Å²) in [7, 11) is 0. The lowest BCUT2D eigenvalue weighted by Gasteiger charge is -2.36. The van der Waals surface area contributed by atoms with Crippen LogP contribution >= 0.6 is 0 Å². The number of carbonyl (C=O) groups is 2. The number of amides is 2. The van der Waals surface area contributed by atoms with Crippen molar-refractivity contribution < 1.29 is 14.3 Å². The Hall–Kier alpha value is -2.38. The van der Waals surface area contributed by atoms with Gasteiger partial charge < -0.3 is 19.5 Å². The number of aryl methyl sites for hydroxylation is 2. The molecule has 2 aliphatic heterocycles. The molecule has 0 aliphatic carbocycles. The molecule has 2 saturated heterocycles. The van der Waals surface area contributed by atoms with Crippen molar-refractivity contribution in [3.63, 3.8) is 0 Å². The fourth-order valence-corrected chi connectivity index (χ4v) is 4.04. The van der Waals surface area contributed by atoms with Gasteiger partial charge in [0, 0.05) is 50.3 Å². The Morgan fingerprint density at radius 2 is 1.68 bits per heavy atom. The van der Waals surface area contributed by atoms with E-state index in [2.05, 4.69) is 16.8 Å². The van der Waals surface area contributed by atoms with E-state index in [1.165, 1.54) is 5.56 Å². The second-order valence-electron chi connectivity index (χ2n) is 7.66. The number of hydrogen-bond acceptors (Lipinski definition) is 4. The minimum absolute atomic E-state index is 0.0344. The van der Waals surface area contributed by atoms with Crippen LogP contribution in [0, 0.1) is 13.8 Å². The summed E-state index contributed by atoms with van der Waals surface area (Å²) in [5.41, 5.74) is 3.90. The van der Waals surface area contributed by atoms with Gasteiger partial charge in [0.1, 0.15) is 0 Å². The maximum Gasteiger partial charge on any atom is 0.256 e. The molecule has 0 spiro atoms. The molecule has 4 rings (SSSR count). The first kappa shape index (κ1) is 19.0. The monoisotopic (exact) mass is 384 g/mol. The van der Waals surface area contributed by atoms with Crippen LogP contribution in [0.2, 0.25) is 0 Å². The van der Waals surface area contributed by atoms with E-state index in [0.29, 0.717) is 51.5 Å². The number of aromatic nitrogens is 1. The van der Waals surface area contributed by atoms with E-state index >= 15 is 0 Å². The molecule has 2 amide bonds. The SMILES string of the molecule is Cc1[nH]c2c(C(=O)N3CCN(C(=O)CN4CCOCC4)CC3)cccc2c1C. The molecule has 0 unspecified atom stereocenters. The Morgan fingerprint density at radius 3 is 2.39 bits per heavy atom. The lowest BCUT2D eigenvalue weighted by molar-refractivity contribution is -0.134. The van der Waals surface area contributed by atoms with E-state index in [0.717, 1.165) is 29.7 Å². The molecule has 1 aromatic carbocycles. The van der Waals surface area contributed by atoms with E-state index in [4.69, 9.17) is 4.74 Å². The Balaban J connectivity index is 1.39. The first-order valence-electron chi connectivity index (χ1n) is 9.99. The second-order valence-corrected chi connectivity index (χ2v) is 7.66. The normalized spacial score (nSPS) is 18.6. The van der Waals surface area contributed by atoms with Crippen molar-refractivity contribution in [2.45, 2.75) is 13.8 Å². The van der Waals surface area contributed by atoms with Crippen LogP contribution in [0.1, 0.15) is 21.6 Å². The molecule has 150 valence electrons. The van der Waals surface area contributed by atoms with Crippen LogP contribution in [0.4, 0.5) is 0 Å². The van der Waals surface area contributed by atoms with Gasteiger partial charge in [-0.15, -0.1) is 0 Å². The molecular weight excluding hydrogens is 356 g/mol. The predicted molar refractivity (Wildman–Crippen MR) is 108 cm³/mol. The molecule has 28 heavy (non-hydrogen) atoms. The highest BCUT2D eigenvalue weighted by atomic mass is 16.5. The second kappa shape index (κ2) is 7.93. The summed E-state index contributed by atoms with van der Waals surface area (Å²) >= 11 is 0. The molecule has 0 radical (unpaired) electrons. The number of carbonyl (C=O) groups excluding carboxylic acids is 2. The van der Waals surface area contributed by atoms with Gasteiger partial charge in [-0.1, -0.05) is 12.1 Å². The first-order valence-corrected chi connectivity index (χ1v) is 9.99. The number of nitrogens with one attached hydrogen (secondary N) is 1. The summed E-state index contributed by atoms with van der Waals surface area (Å²) in [5, 5.41) is 1.10. The van der Waals surface area contributed by atoms with E-state index in [1.807, 2.05) is 34.9 Å². The zero-order valence-corrected chi connectivity index (χ0v) is 16.7. The predicted octanol–water partition coefficient (Wildman–Crippen LogP) is 1.40. The molecule has 1 aromatic heterocycles. The average molecular weight is 384 g/mol. The van der Waals surface area contributed by atoms with Gasteiger partial charge >= 0.3 is 0 Å². The van der Waals surface area contributed by atoms with Crippen molar-refractivity contribution in [3.8, 4) is 0 Å². The van der Waals surface area contributed by atoms with E-state index in [1.54, 1.807) is 0 Å². The van der Waals surface area contributed by atoms with Crippen molar-refractivity contribution in [1.29, 1.82) is 0 Å². The first-order chi connectivity index (χ1) is 13.5. The molecule has 2 aliphatic rings. The Kier molecular flexibility index (Phi) is 5.37. The van der Waals surface area contributed by atoms with Crippen LogP contribution in [0.25, 0.3) is 10.9 Å². The molecule has 7 nitrogen and oxygen atoms in total. The van der Waals surface area contributed by atoms with Crippen molar-refractivity contribution in [2.75, 3.05) is 59.0 Å². The van der Waals surface area contributed by atoms with Crippen LogP contribution < -0.4 is 0 Å². The molecule has 2 aromatic rings. The molecule has 3 heterocycles. The number of piperazine rings is 1. The Morgan fingerprint density at radius 1 is 1.00 bits per heavy atom. The number of nitrogens with zero attached hydrogens (tertiary/aromatic N) is 3. The van der Waals surface area contributed by atoms with Crippen molar-refractivity contribution in [2.24, 2.45) is 0 Å². The van der Waals surface area contributed by atoms with Crippen LogP contribution in [-0.4, -0.2) is 90.5 Å². The van der Waals surface area contributed by atoms with Gasteiger partial charge in [-0.3, -0.25) is 14.5 Å². The number of H-pyrrole nitrogens is 1.